The number of aromatic amines is 1. The summed E-state index contributed by atoms with van der Waals surface area (Å²) in [5.74, 6) is 0.813. The lowest BCUT2D eigenvalue weighted by atomic mass is 9.71. The summed E-state index contributed by atoms with van der Waals surface area (Å²) in [7, 11) is 3.83. The summed E-state index contributed by atoms with van der Waals surface area (Å²) >= 11 is 1.67. The zero-order valence-electron chi connectivity index (χ0n) is 18.8. The number of aromatic nitrogens is 1. The average molecular weight is 447 g/mol. The molecule has 1 aliphatic heterocycles. The number of carbonyl (C=O) groups is 1. The lowest BCUT2D eigenvalue weighted by Crippen LogP contribution is -2.41. The van der Waals surface area contributed by atoms with Crippen LogP contribution in [-0.4, -0.2) is 60.3 Å². The lowest BCUT2D eigenvalue weighted by molar-refractivity contribution is 0.103. The Morgan fingerprint density at radius 3 is 2.59 bits per heavy atom. The maximum atomic E-state index is 13.8. The second-order valence-electron chi connectivity index (χ2n) is 9.07. The minimum absolute atomic E-state index is 0.0214. The summed E-state index contributed by atoms with van der Waals surface area (Å²) in [5.41, 5.74) is 4.28. The van der Waals surface area contributed by atoms with Gasteiger partial charge in [0.05, 0.1) is 29.2 Å². The van der Waals surface area contributed by atoms with Gasteiger partial charge >= 0.3 is 0 Å². The molecule has 0 amide bonds. The van der Waals surface area contributed by atoms with E-state index in [-0.39, 0.29) is 5.78 Å². The summed E-state index contributed by atoms with van der Waals surface area (Å²) in [6.45, 7) is 8.24. The molecule has 3 aromatic rings. The summed E-state index contributed by atoms with van der Waals surface area (Å²) in [6, 6.07) is 11.7. The van der Waals surface area contributed by atoms with Crippen LogP contribution in [0, 0.1) is 11.3 Å². The van der Waals surface area contributed by atoms with Crippen molar-refractivity contribution in [1.82, 2.24) is 14.2 Å². The van der Waals surface area contributed by atoms with Crippen LogP contribution in [0.4, 0.5) is 0 Å². The number of ether oxygens (including phenoxy) is 1. The SMILES string of the molecule is COc1cc2c(cc1SN1CCN(C)CC1)C(=O)c1c([nH]c3cc(C#N)ccc13)C2(C)C. The second kappa shape index (κ2) is 7.66. The molecule has 164 valence electrons. The van der Waals surface area contributed by atoms with Gasteiger partial charge in [0, 0.05) is 53.8 Å². The van der Waals surface area contributed by atoms with Gasteiger partial charge in [-0.2, -0.15) is 5.26 Å². The number of nitrogens with one attached hydrogen (secondary N) is 1. The van der Waals surface area contributed by atoms with Gasteiger partial charge < -0.3 is 14.6 Å². The molecule has 0 saturated carbocycles. The van der Waals surface area contributed by atoms with Crippen molar-refractivity contribution in [3.05, 3.63) is 58.3 Å². The number of nitriles is 1. The number of benzene rings is 2. The van der Waals surface area contributed by atoms with Crippen LogP contribution in [0.15, 0.2) is 35.2 Å². The third-order valence-corrected chi connectivity index (χ3v) is 7.83. The van der Waals surface area contributed by atoms with E-state index >= 15 is 0 Å². The highest BCUT2D eigenvalue weighted by molar-refractivity contribution is 7.97. The molecule has 2 heterocycles. The number of carbonyl (C=O) groups excluding carboxylic acids is 1. The van der Waals surface area contributed by atoms with Crippen LogP contribution in [0.2, 0.25) is 0 Å². The number of ketones is 1. The van der Waals surface area contributed by atoms with E-state index in [1.165, 1.54) is 0 Å². The van der Waals surface area contributed by atoms with Crippen molar-refractivity contribution in [1.29, 1.82) is 5.26 Å². The molecule has 1 aromatic heterocycles. The van der Waals surface area contributed by atoms with Gasteiger partial charge in [-0.3, -0.25) is 4.79 Å². The van der Waals surface area contributed by atoms with Gasteiger partial charge in [0.25, 0.3) is 0 Å². The fourth-order valence-corrected chi connectivity index (χ4v) is 5.78. The van der Waals surface area contributed by atoms with E-state index in [9.17, 15) is 10.1 Å². The normalized spacial score (nSPS) is 18.3. The highest BCUT2D eigenvalue weighted by Crippen LogP contribution is 2.47. The molecular formula is C25H26N4O2S. The van der Waals surface area contributed by atoms with Crippen LogP contribution in [-0.2, 0) is 5.41 Å². The predicted octanol–water partition coefficient (Wildman–Crippen LogP) is 4.17. The van der Waals surface area contributed by atoms with Crippen LogP contribution in [0.1, 0.15) is 46.6 Å². The Morgan fingerprint density at radius 2 is 1.91 bits per heavy atom. The molecule has 1 saturated heterocycles. The molecule has 2 aliphatic rings. The van der Waals surface area contributed by atoms with Crippen molar-refractivity contribution in [2.45, 2.75) is 24.2 Å². The smallest absolute Gasteiger partial charge is 0.195 e. The Kier molecular flexibility index (Phi) is 5.05. The van der Waals surface area contributed by atoms with Crippen molar-refractivity contribution in [2.75, 3.05) is 40.3 Å². The van der Waals surface area contributed by atoms with Crippen molar-refractivity contribution >= 4 is 28.6 Å². The van der Waals surface area contributed by atoms with Gasteiger partial charge in [0.1, 0.15) is 5.75 Å². The first-order valence-electron chi connectivity index (χ1n) is 10.8. The molecule has 1 aliphatic carbocycles. The third kappa shape index (κ3) is 3.22. The third-order valence-electron chi connectivity index (χ3n) is 6.69. The van der Waals surface area contributed by atoms with Crippen molar-refractivity contribution in [2.24, 2.45) is 0 Å². The molecule has 7 heteroatoms. The van der Waals surface area contributed by atoms with Crippen LogP contribution < -0.4 is 4.74 Å². The average Bonchev–Trinajstić information content (AvgIpc) is 3.19. The van der Waals surface area contributed by atoms with E-state index in [0.29, 0.717) is 11.1 Å². The van der Waals surface area contributed by atoms with Crippen LogP contribution >= 0.6 is 11.9 Å². The van der Waals surface area contributed by atoms with Gasteiger partial charge in [-0.25, -0.2) is 4.31 Å². The highest BCUT2D eigenvalue weighted by atomic mass is 32.2. The first-order valence-corrected chi connectivity index (χ1v) is 11.6. The molecule has 0 bridgehead atoms. The molecular weight excluding hydrogens is 420 g/mol. The highest BCUT2D eigenvalue weighted by Gasteiger charge is 2.40. The van der Waals surface area contributed by atoms with Crippen molar-refractivity contribution in [3.8, 4) is 11.8 Å². The molecule has 32 heavy (non-hydrogen) atoms. The first-order chi connectivity index (χ1) is 15.3. The molecule has 1 N–H and O–H groups in total. The van der Waals surface area contributed by atoms with Crippen molar-refractivity contribution in [3.63, 3.8) is 0 Å². The van der Waals surface area contributed by atoms with E-state index in [0.717, 1.165) is 64.5 Å². The van der Waals surface area contributed by atoms with Crippen LogP contribution in [0.5, 0.6) is 5.75 Å². The topological polar surface area (TPSA) is 72.4 Å². The zero-order chi connectivity index (χ0) is 22.6. The number of hydrogen-bond acceptors (Lipinski definition) is 6. The summed E-state index contributed by atoms with van der Waals surface area (Å²) in [4.78, 5) is 20.5. The van der Waals surface area contributed by atoms with Gasteiger partial charge in [0.2, 0.25) is 0 Å². The molecule has 6 nitrogen and oxygen atoms in total. The fourth-order valence-electron chi connectivity index (χ4n) is 4.76. The minimum Gasteiger partial charge on any atom is -0.496 e. The quantitative estimate of drug-likeness (QED) is 0.609. The van der Waals surface area contributed by atoms with Crippen LogP contribution in [0.3, 0.4) is 0 Å². The number of nitrogens with zero attached hydrogens (tertiary/aromatic N) is 3. The van der Waals surface area contributed by atoms with E-state index < -0.39 is 5.41 Å². The summed E-state index contributed by atoms with van der Waals surface area (Å²) in [6.07, 6.45) is 0. The van der Waals surface area contributed by atoms with E-state index in [2.05, 4.69) is 41.2 Å². The number of methoxy groups -OCH3 is 1. The van der Waals surface area contributed by atoms with Gasteiger partial charge in [-0.1, -0.05) is 19.9 Å². The Balaban J connectivity index is 1.62. The maximum Gasteiger partial charge on any atom is 0.195 e. The molecule has 0 spiro atoms. The molecule has 1 fully saturated rings. The Labute approximate surface area is 192 Å². The Hall–Kier alpha value is -2.79. The number of hydrogen-bond donors (Lipinski definition) is 1. The summed E-state index contributed by atoms with van der Waals surface area (Å²) in [5, 5.41) is 10.1. The van der Waals surface area contributed by atoms with E-state index in [1.54, 1.807) is 25.1 Å². The molecule has 0 unspecified atom stereocenters. The molecule has 0 atom stereocenters. The molecule has 2 aromatic carbocycles. The minimum atomic E-state index is -0.408. The number of fused-ring (bicyclic) bond motifs is 4. The zero-order valence-corrected chi connectivity index (χ0v) is 19.6. The predicted molar refractivity (Wildman–Crippen MR) is 126 cm³/mol. The molecule has 5 rings (SSSR count). The monoisotopic (exact) mass is 446 g/mol. The lowest BCUT2D eigenvalue weighted by Gasteiger charge is -2.34. The number of piperazine rings is 1. The molecule has 0 radical (unpaired) electrons. The first kappa shape index (κ1) is 21.1. The van der Waals surface area contributed by atoms with Gasteiger partial charge in [-0.15, -0.1) is 0 Å². The standard InChI is InChI=1S/C25H26N4O2S/c1-25(2)18-13-20(31-4)21(32-29-9-7-28(3)8-10-29)12-17(18)23(30)22-16-6-5-15(14-26)11-19(16)27-24(22)25/h5-6,11-13,27H,7-10H2,1-4H3. The van der Waals surface area contributed by atoms with E-state index in [1.807, 2.05) is 24.3 Å². The number of likely N-dealkylation sites (N-methyl/N-ethyl adjacent to an activating group) is 1. The Morgan fingerprint density at radius 1 is 1.16 bits per heavy atom. The van der Waals surface area contributed by atoms with Crippen LogP contribution in [0.25, 0.3) is 10.9 Å². The van der Waals surface area contributed by atoms with E-state index in [4.69, 9.17) is 4.74 Å². The number of H-pyrrole nitrogens is 1. The maximum absolute atomic E-state index is 13.8. The Bertz CT molecular complexity index is 1280. The summed E-state index contributed by atoms with van der Waals surface area (Å²) < 4.78 is 8.10. The second-order valence-corrected chi connectivity index (χ2v) is 10.2. The fraction of sp³-hybridized carbons (Fsp3) is 0.360. The number of rotatable bonds is 3. The van der Waals surface area contributed by atoms with Crippen molar-refractivity contribution < 1.29 is 9.53 Å². The van der Waals surface area contributed by atoms with Gasteiger partial charge in [0.15, 0.2) is 5.78 Å². The largest absolute Gasteiger partial charge is 0.496 e. The van der Waals surface area contributed by atoms with Gasteiger partial charge in [-0.05, 0) is 48.8 Å².